The van der Waals surface area contributed by atoms with E-state index in [1.807, 2.05) is 0 Å². The van der Waals surface area contributed by atoms with Gasteiger partial charge in [0.15, 0.2) is 0 Å². The molecule has 0 amide bonds. The number of methoxy groups -OCH3 is 1. The van der Waals surface area contributed by atoms with E-state index in [0.29, 0.717) is 11.1 Å². The molecule has 1 aliphatic rings. The molecular weight excluding hydrogens is 200 g/mol. The third kappa shape index (κ3) is 2.90. The first-order valence-corrected chi connectivity index (χ1v) is 4.49. The standard InChI is InChI=1S/C10H12O5/c1-6(11)15-5-7-3-8(12)4-9(7)10(13)14-2/h3-5H2,1-2H3. The molecule has 0 saturated heterocycles. The molecule has 0 atom stereocenters. The Morgan fingerprint density at radius 3 is 2.53 bits per heavy atom. The quantitative estimate of drug-likeness (QED) is 0.632. The number of Topliss-reactive ketones (excluding diaryl/α,β-unsaturated/α-hetero) is 1. The van der Waals surface area contributed by atoms with Gasteiger partial charge in [-0.2, -0.15) is 0 Å². The lowest BCUT2D eigenvalue weighted by Crippen LogP contribution is -2.08. The second-order valence-corrected chi connectivity index (χ2v) is 3.25. The fraction of sp³-hybridized carbons (Fsp3) is 0.500. The van der Waals surface area contributed by atoms with Crippen molar-refractivity contribution in [3.8, 4) is 0 Å². The molecule has 82 valence electrons. The molecule has 0 aromatic heterocycles. The highest BCUT2D eigenvalue weighted by atomic mass is 16.5. The van der Waals surface area contributed by atoms with Crippen LogP contribution in [0.3, 0.4) is 0 Å². The fourth-order valence-electron chi connectivity index (χ4n) is 1.40. The van der Waals surface area contributed by atoms with Crippen molar-refractivity contribution >= 4 is 17.7 Å². The summed E-state index contributed by atoms with van der Waals surface area (Å²) in [6.45, 7) is 1.26. The monoisotopic (exact) mass is 212 g/mol. The van der Waals surface area contributed by atoms with Crippen LogP contribution in [0.5, 0.6) is 0 Å². The molecule has 0 saturated carbocycles. The minimum absolute atomic E-state index is 0.00843. The highest BCUT2D eigenvalue weighted by Gasteiger charge is 2.27. The van der Waals surface area contributed by atoms with Gasteiger partial charge in [0.2, 0.25) is 0 Å². The summed E-state index contributed by atoms with van der Waals surface area (Å²) in [4.78, 5) is 33.0. The van der Waals surface area contributed by atoms with Gasteiger partial charge in [-0.05, 0) is 5.57 Å². The van der Waals surface area contributed by atoms with Gasteiger partial charge >= 0.3 is 11.9 Å². The van der Waals surface area contributed by atoms with Gasteiger partial charge in [0.1, 0.15) is 12.4 Å². The number of ketones is 1. The lowest BCUT2D eigenvalue weighted by Gasteiger charge is -2.04. The first kappa shape index (κ1) is 11.4. The topological polar surface area (TPSA) is 69.7 Å². The van der Waals surface area contributed by atoms with Gasteiger partial charge < -0.3 is 9.47 Å². The Morgan fingerprint density at radius 2 is 2.00 bits per heavy atom. The van der Waals surface area contributed by atoms with Crippen molar-refractivity contribution in [3.05, 3.63) is 11.1 Å². The van der Waals surface area contributed by atoms with Crippen LogP contribution in [-0.2, 0) is 23.9 Å². The SMILES string of the molecule is COC(=O)C1=C(COC(C)=O)CC(=O)C1. The zero-order valence-corrected chi connectivity index (χ0v) is 8.66. The van der Waals surface area contributed by atoms with Gasteiger partial charge in [0.05, 0.1) is 7.11 Å². The maximum atomic E-state index is 11.2. The van der Waals surface area contributed by atoms with Crippen molar-refractivity contribution in [2.24, 2.45) is 0 Å². The summed E-state index contributed by atoms with van der Waals surface area (Å²) in [6.07, 6.45) is 0.237. The van der Waals surface area contributed by atoms with Crippen molar-refractivity contribution in [3.63, 3.8) is 0 Å². The summed E-state index contributed by atoms with van der Waals surface area (Å²) in [5.41, 5.74) is 0.866. The van der Waals surface area contributed by atoms with Crippen molar-refractivity contribution in [1.29, 1.82) is 0 Å². The number of hydrogen-bond acceptors (Lipinski definition) is 5. The second-order valence-electron chi connectivity index (χ2n) is 3.25. The molecule has 0 aromatic rings. The van der Waals surface area contributed by atoms with Crippen LogP contribution in [0.2, 0.25) is 0 Å². The molecular formula is C10H12O5. The van der Waals surface area contributed by atoms with E-state index < -0.39 is 11.9 Å². The number of ether oxygens (including phenoxy) is 2. The summed E-state index contributed by atoms with van der Waals surface area (Å²) < 4.78 is 9.27. The molecule has 0 spiro atoms. The highest BCUT2D eigenvalue weighted by molar-refractivity contribution is 6.01. The van der Waals surface area contributed by atoms with Gasteiger partial charge in [-0.15, -0.1) is 0 Å². The normalized spacial score (nSPS) is 15.5. The lowest BCUT2D eigenvalue weighted by molar-refractivity contribution is -0.140. The van der Waals surface area contributed by atoms with Crippen LogP contribution in [0.1, 0.15) is 19.8 Å². The van der Waals surface area contributed by atoms with Gasteiger partial charge in [-0.25, -0.2) is 4.79 Å². The third-order valence-electron chi connectivity index (χ3n) is 2.09. The molecule has 0 fully saturated rings. The molecule has 0 heterocycles. The van der Waals surface area contributed by atoms with Crippen molar-refractivity contribution in [1.82, 2.24) is 0 Å². The Labute approximate surface area is 87.0 Å². The summed E-state index contributed by atoms with van der Waals surface area (Å²) in [5, 5.41) is 0. The molecule has 0 radical (unpaired) electrons. The smallest absolute Gasteiger partial charge is 0.334 e. The largest absolute Gasteiger partial charge is 0.466 e. The predicted octanol–water partition coefficient (Wildman–Crippen LogP) is 0.382. The molecule has 1 rings (SSSR count). The van der Waals surface area contributed by atoms with E-state index in [0.717, 1.165) is 0 Å². The first-order chi connectivity index (χ1) is 7.04. The molecule has 1 aliphatic carbocycles. The van der Waals surface area contributed by atoms with E-state index in [1.54, 1.807) is 0 Å². The minimum atomic E-state index is -0.525. The zero-order chi connectivity index (χ0) is 11.4. The van der Waals surface area contributed by atoms with Gasteiger partial charge in [-0.3, -0.25) is 9.59 Å². The van der Waals surface area contributed by atoms with Crippen LogP contribution >= 0.6 is 0 Å². The Kier molecular flexibility index (Phi) is 3.60. The van der Waals surface area contributed by atoms with Gasteiger partial charge in [-0.1, -0.05) is 0 Å². The van der Waals surface area contributed by atoms with Crippen LogP contribution in [-0.4, -0.2) is 31.4 Å². The number of esters is 2. The predicted molar refractivity (Wildman–Crippen MR) is 49.9 cm³/mol. The van der Waals surface area contributed by atoms with Crippen molar-refractivity contribution in [2.75, 3.05) is 13.7 Å². The average molecular weight is 212 g/mol. The van der Waals surface area contributed by atoms with Crippen molar-refractivity contribution < 1.29 is 23.9 Å². The van der Waals surface area contributed by atoms with Gasteiger partial charge in [0.25, 0.3) is 0 Å². The van der Waals surface area contributed by atoms with E-state index in [9.17, 15) is 14.4 Å². The fourth-order valence-corrected chi connectivity index (χ4v) is 1.40. The maximum Gasteiger partial charge on any atom is 0.334 e. The van der Waals surface area contributed by atoms with E-state index in [-0.39, 0.29) is 25.2 Å². The molecule has 0 aromatic carbocycles. The van der Waals surface area contributed by atoms with Crippen LogP contribution in [0, 0.1) is 0 Å². The Bertz CT molecular complexity index is 340. The Hall–Kier alpha value is -1.65. The molecule has 5 nitrogen and oxygen atoms in total. The van der Waals surface area contributed by atoms with E-state index in [2.05, 4.69) is 4.74 Å². The molecule has 0 bridgehead atoms. The summed E-state index contributed by atoms with van der Waals surface area (Å²) in [6, 6.07) is 0. The van der Waals surface area contributed by atoms with E-state index in [1.165, 1.54) is 14.0 Å². The molecule has 0 N–H and O–H groups in total. The zero-order valence-electron chi connectivity index (χ0n) is 8.66. The molecule has 0 unspecified atom stereocenters. The highest BCUT2D eigenvalue weighted by Crippen LogP contribution is 2.24. The van der Waals surface area contributed by atoms with Crippen LogP contribution in [0.4, 0.5) is 0 Å². The maximum absolute atomic E-state index is 11.2. The number of rotatable bonds is 3. The van der Waals surface area contributed by atoms with Crippen LogP contribution < -0.4 is 0 Å². The van der Waals surface area contributed by atoms with E-state index >= 15 is 0 Å². The number of carbonyl (C=O) groups is 3. The van der Waals surface area contributed by atoms with Gasteiger partial charge in [0, 0.05) is 25.3 Å². The molecule has 5 heteroatoms. The lowest BCUT2D eigenvalue weighted by atomic mass is 10.2. The summed E-state index contributed by atoms with van der Waals surface area (Å²) in [7, 11) is 1.25. The van der Waals surface area contributed by atoms with Crippen LogP contribution in [0.25, 0.3) is 0 Å². The molecule has 0 aliphatic heterocycles. The Balaban J connectivity index is 2.74. The van der Waals surface area contributed by atoms with E-state index in [4.69, 9.17) is 4.74 Å². The molecule has 15 heavy (non-hydrogen) atoms. The minimum Gasteiger partial charge on any atom is -0.466 e. The average Bonchev–Trinajstić information content (AvgIpc) is 2.55. The number of carbonyl (C=O) groups excluding carboxylic acids is 3. The third-order valence-corrected chi connectivity index (χ3v) is 2.09. The first-order valence-electron chi connectivity index (χ1n) is 4.49. The summed E-state index contributed by atoms with van der Waals surface area (Å²) >= 11 is 0. The summed E-state index contributed by atoms with van der Waals surface area (Å²) in [5.74, 6) is -1.02. The van der Waals surface area contributed by atoms with Crippen molar-refractivity contribution in [2.45, 2.75) is 19.8 Å². The second kappa shape index (κ2) is 4.72. The van der Waals surface area contributed by atoms with Crippen LogP contribution in [0.15, 0.2) is 11.1 Å². The Morgan fingerprint density at radius 1 is 1.33 bits per heavy atom. The number of hydrogen-bond donors (Lipinski definition) is 0.